The van der Waals surface area contributed by atoms with E-state index in [4.69, 9.17) is 11.6 Å². The van der Waals surface area contributed by atoms with Gasteiger partial charge in [-0.1, -0.05) is 12.1 Å². The summed E-state index contributed by atoms with van der Waals surface area (Å²) >= 11 is 7.49. The summed E-state index contributed by atoms with van der Waals surface area (Å²) in [5, 5.41) is 2.00. The van der Waals surface area contributed by atoms with Crippen LogP contribution in [0.2, 0.25) is 0 Å². The lowest BCUT2D eigenvalue weighted by Crippen LogP contribution is -2.05. The molecule has 1 atom stereocenters. The van der Waals surface area contributed by atoms with Crippen molar-refractivity contribution in [2.75, 3.05) is 5.88 Å². The molecule has 0 amide bonds. The topological polar surface area (TPSA) is 12.9 Å². The molecule has 84 valence electrons. The zero-order valence-electron chi connectivity index (χ0n) is 8.57. The standard InChI is InChI=1S/C12H11ClFNS/c13-6-10(5-12-7-16-8-15-12)9-2-1-3-11(14)4-9/h1-4,7-8,10H,5-6H2. The summed E-state index contributed by atoms with van der Waals surface area (Å²) in [6.07, 6.45) is 0.760. The van der Waals surface area contributed by atoms with Gasteiger partial charge in [0.25, 0.3) is 0 Å². The molecule has 1 unspecified atom stereocenters. The van der Waals surface area contributed by atoms with E-state index in [0.717, 1.165) is 17.7 Å². The van der Waals surface area contributed by atoms with Gasteiger partial charge in [-0.3, -0.25) is 0 Å². The predicted molar refractivity (Wildman–Crippen MR) is 65.7 cm³/mol. The molecule has 0 saturated heterocycles. The first-order valence-electron chi connectivity index (χ1n) is 4.98. The van der Waals surface area contributed by atoms with E-state index in [1.54, 1.807) is 29.0 Å². The molecule has 0 bridgehead atoms. The Bertz CT molecular complexity index is 444. The summed E-state index contributed by atoms with van der Waals surface area (Å²) < 4.78 is 13.1. The highest BCUT2D eigenvalue weighted by atomic mass is 35.5. The Labute approximate surface area is 103 Å². The van der Waals surface area contributed by atoms with E-state index in [9.17, 15) is 4.39 Å². The average Bonchev–Trinajstić information content (AvgIpc) is 2.78. The number of hydrogen-bond donors (Lipinski definition) is 0. The number of halogens is 2. The van der Waals surface area contributed by atoms with Gasteiger partial charge < -0.3 is 0 Å². The van der Waals surface area contributed by atoms with E-state index < -0.39 is 0 Å². The third-order valence-corrected chi connectivity index (χ3v) is 3.45. The van der Waals surface area contributed by atoms with Crippen LogP contribution in [0.1, 0.15) is 17.2 Å². The lowest BCUT2D eigenvalue weighted by atomic mass is 9.96. The number of aromatic nitrogens is 1. The third kappa shape index (κ3) is 2.80. The van der Waals surface area contributed by atoms with Crippen molar-refractivity contribution in [3.63, 3.8) is 0 Å². The molecule has 0 spiro atoms. The van der Waals surface area contributed by atoms with Gasteiger partial charge in [0.15, 0.2) is 0 Å². The summed E-state index contributed by atoms with van der Waals surface area (Å²) in [5.74, 6) is 0.381. The zero-order valence-corrected chi connectivity index (χ0v) is 10.1. The molecule has 2 aromatic rings. The van der Waals surface area contributed by atoms with Gasteiger partial charge >= 0.3 is 0 Å². The van der Waals surface area contributed by atoms with Crippen LogP contribution in [0.15, 0.2) is 35.2 Å². The van der Waals surface area contributed by atoms with E-state index >= 15 is 0 Å². The van der Waals surface area contributed by atoms with E-state index in [2.05, 4.69) is 4.98 Å². The van der Waals surface area contributed by atoms with E-state index in [0.29, 0.717) is 5.88 Å². The summed E-state index contributed by atoms with van der Waals surface area (Å²) in [6.45, 7) is 0. The molecule has 16 heavy (non-hydrogen) atoms. The highest BCUT2D eigenvalue weighted by molar-refractivity contribution is 7.07. The number of hydrogen-bond acceptors (Lipinski definition) is 2. The minimum Gasteiger partial charge on any atom is -0.250 e. The van der Waals surface area contributed by atoms with Gasteiger partial charge in [-0.2, -0.15) is 0 Å². The van der Waals surface area contributed by atoms with Gasteiger partial charge in [0.2, 0.25) is 0 Å². The van der Waals surface area contributed by atoms with Crippen LogP contribution in [0.4, 0.5) is 4.39 Å². The highest BCUT2D eigenvalue weighted by Gasteiger charge is 2.12. The molecule has 0 N–H and O–H groups in total. The van der Waals surface area contributed by atoms with Gasteiger partial charge in [0.05, 0.1) is 11.2 Å². The van der Waals surface area contributed by atoms with E-state index in [-0.39, 0.29) is 11.7 Å². The molecule has 0 saturated carbocycles. The van der Waals surface area contributed by atoms with Crippen LogP contribution in [0, 0.1) is 5.82 Å². The smallest absolute Gasteiger partial charge is 0.123 e. The summed E-state index contributed by atoms with van der Waals surface area (Å²) in [5.41, 5.74) is 3.74. The molecule has 1 aromatic heterocycles. The number of thiazole rings is 1. The normalized spacial score (nSPS) is 12.6. The summed E-state index contributed by atoms with van der Waals surface area (Å²) in [7, 11) is 0. The Morgan fingerprint density at radius 2 is 2.31 bits per heavy atom. The SMILES string of the molecule is Fc1cccc(C(CCl)Cc2cscn2)c1. The first-order chi connectivity index (χ1) is 7.79. The second kappa shape index (κ2) is 5.41. The third-order valence-electron chi connectivity index (χ3n) is 2.45. The highest BCUT2D eigenvalue weighted by Crippen LogP contribution is 2.22. The molecule has 0 radical (unpaired) electrons. The zero-order chi connectivity index (χ0) is 11.4. The van der Waals surface area contributed by atoms with Crippen LogP contribution >= 0.6 is 22.9 Å². The monoisotopic (exact) mass is 255 g/mol. The van der Waals surface area contributed by atoms with Crippen LogP contribution in [0.25, 0.3) is 0 Å². The molecule has 2 rings (SSSR count). The summed E-state index contributed by atoms with van der Waals surface area (Å²) in [6, 6.07) is 6.60. The van der Waals surface area contributed by atoms with Crippen molar-refractivity contribution in [1.29, 1.82) is 0 Å². The number of nitrogens with zero attached hydrogens (tertiary/aromatic N) is 1. The average molecular weight is 256 g/mol. The minimum atomic E-state index is -0.217. The largest absolute Gasteiger partial charge is 0.250 e. The number of benzene rings is 1. The Hall–Kier alpha value is -0.930. The molecule has 0 aliphatic heterocycles. The maximum atomic E-state index is 13.1. The van der Waals surface area contributed by atoms with Crippen LogP contribution in [-0.2, 0) is 6.42 Å². The van der Waals surface area contributed by atoms with E-state index in [1.165, 1.54) is 6.07 Å². The molecule has 1 nitrogen and oxygen atoms in total. The van der Waals surface area contributed by atoms with E-state index in [1.807, 2.05) is 11.4 Å². The van der Waals surface area contributed by atoms with Gasteiger partial charge in [0.1, 0.15) is 5.82 Å². The van der Waals surface area contributed by atoms with Crippen molar-refractivity contribution >= 4 is 22.9 Å². The lowest BCUT2D eigenvalue weighted by Gasteiger charge is -2.12. The molecule has 1 aromatic carbocycles. The van der Waals surface area contributed by atoms with Crippen LogP contribution in [-0.4, -0.2) is 10.9 Å². The predicted octanol–water partition coefficient (Wildman–Crippen LogP) is 3.85. The van der Waals surface area contributed by atoms with Crippen molar-refractivity contribution in [3.8, 4) is 0 Å². The summed E-state index contributed by atoms with van der Waals surface area (Å²) in [4.78, 5) is 4.22. The van der Waals surface area contributed by atoms with Crippen LogP contribution < -0.4 is 0 Å². The molecule has 0 aliphatic carbocycles. The van der Waals surface area contributed by atoms with Crippen LogP contribution in [0.3, 0.4) is 0 Å². The quantitative estimate of drug-likeness (QED) is 0.757. The van der Waals surface area contributed by atoms with Gasteiger partial charge in [0, 0.05) is 17.2 Å². The fraction of sp³-hybridized carbons (Fsp3) is 0.250. The van der Waals surface area contributed by atoms with Crippen molar-refractivity contribution in [2.45, 2.75) is 12.3 Å². The lowest BCUT2D eigenvalue weighted by molar-refractivity contribution is 0.621. The molecular formula is C12H11ClFNS. The maximum absolute atomic E-state index is 13.1. The Morgan fingerprint density at radius 3 is 2.94 bits per heavy atom. The van der Waals surface area contributed by atoms with Crippen molar-refractivity contribution in [1.82, 2.24) is 4.98 Å². The Morgan fingerprint density at radius 1 is 1.44 bits per heavy atom. The first kappa shape index (κ1) is 11.6. The van der Waals surface area contributed by atoms with Crippen molar-refractivity contribution in [2.24, 2.45) is 0 Å². The maximum Gasteiger partial charge on any atom is 0.123 e. The second-order valence-electron chi connectivity index (χ2n) is 3.59. The first-order valence-corrected chi connectivity index (χ1v) is 6.46. The number of rotatable bonds is 4. The van der Waals surface area contributed by atoms with Gasteiger partial charge in [-0.15, -0.1) is 22.9 Å². The fourth-order valence-electron chi connectivity index (χ4n) is 1.61. The molecule has 4 heteroatoms. The number of alkyl halides is 1. The molecule has 1 heterocycles. The van der Waals surface area contributed by atoms with Crippen LogP contribution in [0.5, 0.6) is 0 Å². The molecular weight excluding hydrogens is 245 g/mol. The molecule has 0 aliphatic rings. The van der Waals surface area contributed by atoms with Gasteiger partial charge in [-0.05, 0) is 24.1 Å². The fourth-order valence-corrected chi connectivity index (χ4v) is 2.47. The van der Waals surface area contributed by atoms with Crippen molar-refractivity contribution < 1.29 is 4.39 Å². The second-order valence-corrected chi connectivity index (χ2v) is 4.62. The minimum absolute atomic E-state index is 0.125. The Balaban J connectivity index is 2.16. The Kier molecular flexibility index (Phi) is 3.91. The molecule has 0 fully saturated rings. The van der Waals surface area contributed by atoms with Gasteiger partial charge in [-0.25, -0.2) is 9.37 Å². The van der Waals surface area contributed by atoms with Crippen molar-refractivity contribution in [3.05, 3.63) is 52.2 Å².